The third kappa shape index (κ3) is 6.08. The Hall–Kier alpha value is 0.920. The zero-order valence-corrected chi connectivity index (χ0v) is 10.3. The van der Waals surface area contributed by atoms with E-state index in [1.54, 1.807) is 0 Å². The van der Waals surface area contributed by atoms with E-state index in [0.717, 1.165) is 0 Å². The third-order valence-electron chi connectivity index (χ3n) is 1.19. The molecule has 0 aliphatic carbocycles. The van der Waals surface area contributed by atoms with Gasteiger partial charge in [0, 0.05) is 6.92 Å². The first-order valence-corrected chi connectivity index (χ1v) is 5.24. The summed E-state index contributed by atoms with van der Waals surface area (Å²) in [5.74, 6) is -1.22. The van der Waals surface area contributed by atoms with Crippen molar-refractivity contribution in [1.29, 1.82) is 0 Å². The van der Waals surface area contributed by atoms with Gasteiger partial charge in [-0.15, -0.1) is 23.2 Å². The Balaban J connectivity index is 4.20. The summed E-state index contributed by atoms with van der Waals surface area (Å²) in [6.07, 6.45) is 0. The molecule has 7 heteroatoms. The molecule has 0 saturated heterocycles. The summed E-state index contributed by atoms with van der Waals surface area (Å²) in [6.45, 7) is 1.12. The van der Waals surface area contributed by atoms with Crippen LogP contribution in [0.3, 0.4) is 0 Å². The van der Waals surface area contributed by atoms with Crippen molar-refractivity contribution in [2.24, 2.45) is 5.92 Å². The van der Waals surface area contributed by atoms with Crippen LogP contribution in [0, 0.1) is 5.92 Å². The molecule has 0 amide bonds. The summed E-state index contributed by atoms with van der Waals surface area (Å²) in [6, 6.07) is 0. The summed E-state index contributed by atoms with van der Waals surface area (Å²) in [5.41, 5.74) is 0. The number of hydrogen-bond acceptors (Lipinski definition) is 2. The minimum Gasteiger partial charge on any atom is -0.465 e. The predicted octanol–water partition coefficient (Wildman–Crippen LogP) is 3.34. The van der Waals surface area contributed by atoms with E-state index < -0.39 is 20.5 Å². The van der Waals surface area contributed by atoms with Crippen LogP contribution < -0.4 is 0 Å². The number of alkyl halides is 5. The molecule has 1 atom stereocenters. The van der Waals surface area contributed by atoms with Gasteiger partial charge in [0.2, 0.25) is 0 Å². The van der Waals surface area contributed by atoms with Crippen molar-refractivity contribution in [3.63, 3.8) is 0 Å². The van der Waals surface area contributed by atoms with Gasteiger partial charge >= 0.3 is 5.97 Å². The van der Waals surface area contributed by atoms with Crippen molar-refractivity contribution >= 4 is 64.0 Å². The molecule has 78 valence electrons. The van der Waals surface area contributed by atoms with Gasteiger partial charge < -0.3 is 4.74 Å². The number of carbonyl (C=O) groups is 1. The van der Waals surface area contributed by atoms with E-state index in [2.05, 4.69) is 4.74 Å². The second-order valence-corrected chi connectivity index (χ2v) is 5.82. The topological polar surface area (TPSA) is 26.3 Å². The van der Waals surface area contributed by atoms with Gasteiger partial charge in [0.15, 0.2) is 3.79 Å². The molecule has 0 saturated carbocycles. The zero-order valence-electron chi connectivity index (χ0n) is 6.57. The number of halogens is 5. The van der Waals surface area contributed by atoms with Crippen molar-refractivity contribution < 1.29 is 9.53 Å². The van der Waals surface area contributed by atoms with Crippen LogP contribution in [0.2, 0.25) is 0 Å². The van der Waals surface area contributed by atoms with Crippen LogP contribution in [0.25, 0.3) is 0 Å². The SMILES string of the molecule is CC(=O)OCC(C(Cl)Cl)C(Cl)(Cl)Cl. The smallest absolute Gasteiger partial charge is 0.302 e. The van der Waals surface area contributed by atoms with E-state index in [1.807, 2.05) is 0 Å². The van der Waals surface area contributed by atoms with Crippen LogP contribution in [-0.4, -0.2) is 21.2 Å². The summed E-state index contributed by atoms with van der Waals surface area (Å²) >= 11 is 27.7. The van der Waals surface area contributed by atoms with E-state index in [4.69, 9.17) is 58.0 Å². The lowest BCUT2D eigenvalue weighted by Crippen LogP contribution is -2.30. The van der Waals surface area contributed by atoms with Gasteiger partial charge in [-0.05, 0) is 0 Å². The standard InChI is InChI=1S/C6H7Cl5O2/c1-3(12)13-2-4(5(7)8)6(9,10)11/h4-5H,2H2,1H3. The first-order valence-electron chi connectivity index (χ1n) is 3.23. The first-order chi connectivity index (χ1) is 5.75. The summed E-state index contributed by atoms with van der Waals surface area (Å²) in [4.78, 5) is 9.55. The Morgan fingerprint density at radius 3 is 2.08 bits per heavy atom. The lowest BCUT2D eigenvalue weighted by Gasteiger charge is -2.24. The fourth-order valence-electron chi connectivity index (χ4n) is 0.517. The molecule has 0 aromatic heterocycles. The molecular formula is C6H7Cl5O2. The minimum absolute atomic E-state index is 0.122. The van der Waals surface area contributed by atoms with Crippen molar-refractivity contribution in [2.75, 3.05) is 6.61 Å². The van der Waals surface area contributed by atoms with Crippen LogP contribution in [-0.2, 0) is 9.53 Å². The monoisotopic (exact) mass is 286 g/mol. The molecule has 1 unspecified atom stereocenters. The zero-order chi connectivity index (χ0) is 10.6. The first kappa shape index (κ1) is 13.9. The second kappa shape index (κ2) is 5.72. The van der Waals surface area contributed by atoms with Crippen LogP contribution >= 0.6 is 58.0 Å². The second-order valence-electron chi connectivity index (χ2n) is 2.29. The van der Waals surface area contributed by atoms with Gasteiger partial charge in [0.1, 0.15) is 11.4 Å². The molecule has 0 aromatic carbocycles. The van der Waals surface area contributed by atoms with Gasteiger partial charge in [0.25, 0.3) is 0 Å². The van der Waals surface area contributed by atoms with Gasteiger partial charge in [-0.2, -0.15) is 0 Å². The number of esters is 1. The van der Waals surface area contributed by atoms with Crippen molar-refractivity contribution in [3.8, 4) is 0 Å². The van der Waals surface area contributed by atoms with Crippen molar-refractivity contribution in [2.45, 2.75) is 15.6 Å². The summed E-state index contributed by atoms with van der Waals surface area (Å²) in [5, 5.41) is 0. The molecule has 2 nitrogen and oxygen atoms in total. The Bertz CT molecular complexity index is 176. The summed E-state index contributed by atoms with van der Waals surface area (Å²) in [7, 11) is 0. The van der Waals surface area contributed by atoms with Crippen LogP contribution in [0.15, 0.2) is 0 Å². The molecule has 0 bridgehead atoms. The fourth-order valence-corrected chi connectivity index (χ4v) is 1.99. The van der Waals surface area contributed by atoms with E-state index in [1.165, 1.54) is 6.92 Å². The van der Waals surface area contributed by atoms with Crippen LogP contribution in [0.1, 0.15) is 6.92 Å². The lowest BCUT2D eigenvalue weighted by atomic mass is 10.2. The van der Waals surface area contributed by atoms with E-state index in [9.17, 15) is 4.79 Å². The lowest BCUT2D eigenvalue weighted by molar-refractivity contribution is -0.142. The molecule has 0 aliphatic heterocycles. The van der Waals surface area contributed by atoms with Crippen LogP contribution in [0.4, 0.5) is 0 Å². The summed E-state index contributed by atoms with van der Waals surface area (Å²) < 4.78 is 2.98. The van der Waals surface area contributed by atoms with Crippen molar-refractivity contribution in [1.82, 2.24) is 0 Å². The molecule has 0 heterocycles. The highest BCUT2D eigenvalue weighted by atomic mass is 35.6. The molecule has 0 aliphatic rings. The normalized spacial score (nSPS) is 14.4. The minimum atomic E-state index is -1.65. The average Bonchev–Trinajstić information content (AvgIpc) is 1.81. The molecular weight excluding hydrogens is 281 g/mol. The maximum absolute atomic E-state index is 10.5. The number of carbonyl (C=O) groups excluding carboxylic acids is 1. The predicted molar refractivity (Wildman–Crippen MR) is 55.9 cm³/mol. The maximum atomic E-state index is 10.5. The Labute approximate surface area is 101 Å². The van der Waals surface area contributed by atoms with E-state index in [0.29, 0.717) is 0 Å². The molecule has 0 fully saturated rings. The number of rotatable bonds is 3. The van der Waals surface area contributed by atoms with Crippen LogP contribution in [0.5, 0.6) is 0 Å². The molecule has 0 radical (unpaired) electrons. The third-order valence-corrected chi connectivity index (χ3v) is 2.64. The Morgan fingerprint density at radius 1 is 1.38 bits per heavy atom. The molecule has 0 aromatic rings. The number of hydrogen-bond donors (Lipinski definition) is 0. The Morgan fingerprint density at radius 2 is 1.85 bits per heavy atom. The highest BCUT2D eigenvalue weighted by Gasteiger charge is 2.38. The molecule has 0 spiro atoms. The highest BCUT2D eigenvalue weighted by Crippen LogP contribution is 2.40. The van der Waals surface area contributed by atoms with Gasteiger partial charge in [0.05, 0.1) is 5.92 Å². The van der Waals surface area contributed by atoms with Gasteiger partial charge in [-0.25, -0.2) is 0 Å². The number of ether oxygens (including phenoxy) is 1. The quantitative estimate of drug-likeness (QED) is 0.588. The largest absolute Gasteiger partial charge is 0.465 e. The highest BCUT2D eigenvalue weighted by molar-refractivity contribution is 6.68. The van der Waals surface area contributed by atoms with E-state index in [-0.39, 0.29) is 6.61 Å². The molecule has 0 N–H and O–H groups in total. The van der Waals surface area contributed by atoms with Gasteiger partial charge in [-0.1, -0.05) is 34.8 Å². The molecule has 0 rings (SSSR count). The Kier molecular flexibility index (Phi) is 6.12. The maximum Gasteiger partial charge on any atom is 0.302 e. The molecule has 13 heavy (non-hydrogen) atoms. The fraction of sp³-hybridized carbons (Fsp3) is 0.833. The van der Waals surface area contributed by atoms with Gasteiger partial charge in [-0.3, -0.25) is 4.79 Å². The van der Waals surface area contributed by atoms with E-state index >= 15 is 0 Å². The van der Waals surface area contributed by atoms with Crippen molar-refractivity contribution in [3.05, 3.63) is 0 Å². The average molecular weight is 288 g/mol.